The maximum atomic E-state index is 12.4. The Morgan fingerprint density at radius 1 is 0.889 bits per heavy atom. The maximum absolute atomic E-state index is 12.4. The lowest BCUT2D eigenvalue weighted by Gasteiger charge is -2.13. The van der Waals surface area contributed by atoms with Crippen LogP contribution in [0.5, 0.6) is 0 Å². The van der Waals surface area contributed by atoms with Crippen LogP contribution in [-0.4, -0.2) is 12.1 Å². The number of aldehydes is 1. The molecule has 2 nitrogen and oxygen atoms in total. The van der Waals surface area contributed by atoms with Crippen molar-refractivity contribution in [2.24, 2.45) is 0 Å². The fourth-order valence-corrected chi connectivity index (χ4v) is 2.69. The van der Waals surface area contributed by atoms with E-state index in [9.17, 15) is 9.59 Å². The Labute approximate surface area is 105 Å². The Morgan fingerprint density at radius 3 is 2.28 bits per heavy atom. The van der Waals surface area contributed by atoms with E-state index in [1.165, 1.54) is 0 Å². The van der Waals surface area contributed by atoms with Gasteiger partial charge >= 0.3 is 0 Å². The smallest absolute Gasteiger partial charge is 0.171 e. The van der Waals surface area contributed by atoms with E-state index in [2.05, 4.69) is 0 Å². The van der Waals surface area contributed by atoms with E-state index in [4.69, 9.17) is 0 Å². The van der Waals surface area contributed by atoms with Gasteiger partial charge in [0, 0.05) is 5.56 Å². The summed E-state index contributed by atoms with van der Waals surface area (Å²) in [6.45, 7) is 0. The van der Waals surface area contributed by atoms with Crippen LogP contribution in [0.1, 0.15) is 33.3 Å². The van der Waals surface area contributed by atoms with Gasteiger partial charge < -0.3 is 4.79 Å². The van der Waals surface area contributed by atoms with E-state index < -0.39 is 0 Å². The number of carbonyl (C=O) groups is 2. The number of rotatable bonds is 2. The molecule has 0 saturated heterocycles. The molecule has 3 rings (SSSR count). The molecule has 0 spiro atoms. The van der Waals surface area contributed by atoms with Gasteiger partial charge in [-0.15, -0.1) is 0 Å². The molecule has 0 saturated carbocycles. The van der Waals surface area contributed by atoms with E-state index in [-0.39, 0.29) is 17.6 Å². The maximum Gasteiger partial charge on any atom is 0.171 e. The van der Waals surface area contributed by atoms with Gasteiger partial charge in [0.1, 0.15) is 6.29 Å². The summed E-state index contributed by atoms with van der Waals surface area (Å²) in [5.74, 6) is -0.661. The number of carbonyl (C=O) groups excluding carboxylic acids is 2. The molecule has 0 bridgehead atoms. The minimum absolute atomic E-state index is 0.0499. The summed E-state index contributed by atoms with van der Waals surface area (Å²) in [7, 11) is 0. The Hall–Kier alpha value is -2.22. The molecule has 2 heteroatoms. The van der Waals surface area contributed by atoms with E-state index >= 15 is 0 Å². The zero-order valence-electron chi connectivity index (χ0n) is 9.74. The van der Waals surface area contributed by atoms with Crippen LogP contribution in [0.3, 0.4) is 0 Å². The summed E-state index contributed by atoms with van der Waals surface area (Å²) in [5, 5.41) is 0. The van der Waals surface area contributed by atoms with Crippen LogP contribution in [0.4, 0.5) is 0 Å². The van der Waals surface area contributed by atoms with Gasteiger partial charge in [-0.1, -0.05) is 54.6 Å². The van der Waals surface area contributed by atoms with Crippen molar-refractivity contribution >= 4 is 12.1 Å². The monoisotopic (exact) mass is 236 g/mol. The number of Topliss-reactive ketones (excluding diaryl/α,β-unsaturated/α-hetero) is 1. The number of fused-ring (bicyclic) bond motifs is 1. The molecule has 0 heterocycles. The number of ketones is 1. The van der Waals surface area contributed by atoms with Gasteiger partial charge in [0.25, 0.3) is 0 Å². The fourth-order valence-electron chi connectivity index (χ4n) is 2.69. The first-order valence-corrected chi connectivity index (χ1v) is 5.96. The van der Waals surface area contributed by atoms with Crippen LogP contribution < -0.4 is 0 Å². The van der Waals surface area contributed by atoms with Crippen LogP contribution in [0.15, 0.2) is 54.6 Å². The number of hydrogen-bond acceptors (Lipinski definition) is 2. The highest BCUT2D eigenvalue weighted by molar-refractivity contribution is 6.09. The standard InChI is InChI=1S/C16H12O2/c17-10-14-12-8-4-5-9-13(12)16(18)15(14)11-6-2-1-3-7-11/h1-10,14-15H. The zero-order chi connectivity index (χ0) is 12.5. The molecule has 0 fully saturated rings. The van der Waals surface area contributed by atoms with Crippen molar-refractivity contribution in [3.63, 3.8) is 0 Å². The Kier molecular flexibility index (Phi) is 2.56. The molecule has 18 heavy (non-hydrogen) atoms. The largest absolute Gasteiger partial charge is 0.303 e. The first kappa shape index (κ1) is 10.9. The van der Waals surface area contributed by atoms with E-state index in [1.54, 1.807) is 6.07 Å². The highest BCUT2D eigenvalue weighted by atomic mass is 16.1. The second kappa shape index (κ2) is 4.22. The predicted octanol–water partition coefficient (Wildman–Crippen LogP) is 2.95. The lowest BCUT2D eigenvalue weighted by atomic mass is 9.87. The SMILES string of the molecule is O=CC1c2ccccc2C(=O)C1c1ccccc1. The van der Waals surface area contributed by atoms with E-state index in [0.29, 0.717) is 5.56 Å². The predicted molar refractivity (Wildman–Crippen MR) is 68.8 cm³/mol. The molecule has 1 aliphatic carbocycles. The second-order valence-corrected chi connectivity index (χ2v) is 4.50. The molecule has 0 radical (unpaired) electrons. The second-order valence-electron chi connectivity index (χ2n) is 4.50. The molecule has 2 unspecified atom stereocenters. The minimum atomic E-state index is -0.360. The molecule has 0 amide bonds. The summed E-state index contributed by atoms with van der Waals surface area (Å²) < 4.78 is 0. The van der Waals surface area contributed by atoms with Crippen molar-refractivity contribution < 1.29 is 9.59 Å². The lowest BCUT2D eigenvalue weighted by molar-refractivity contribution is -0.109. The summed E-state index contributed by atoms with van der Waals surface area (Å²) >= 11 is 0. The molecular formula is C16H12O2. The van der Waals surface area contributed by atoms with Crippen LogP contribution in [0.2, 0.25) is 0 Å². The third-order valence-corrected chi connectivity index (χ3v) is 3.53. The van der Waals surface area contributed by atoms with Gasteiger partial charge in [-0.05, 0) is 11.1 Å². The molecular weight excluding hydrogens is 224 g/mol. The molecule has 0 aromatic heterocycles. The summed E-state index contributed by atoms with van der Waals surface area (Å²) in [6, 6.07) is 16.9. The average Bonchev–Trinajstić information content (AvgIpc) is 2.73. The van der Waals surface area contributed by atoms with Gasteiger partial charge in [0.2, 0.25) is 0 Å². The van der Waals surface area contributed by atoms with Crippen molar-refractivity contribution in [2.75, 3.05) is 0 Å². The first-order valence-electron chi connectivity index (χ1n) is 5.96. The zero-order valence-corrected chi connectivity index (χ0v) is 9.74. The van der Waals surface area contributed by atoms with Crippen LogP contribution >= 0.6 is 0 Å². The van der Waals surface area contributed by atoms with Crippen molar-refractivity contribution in [2.45, 2.75) is 11.8 Å². The molecule has 1 aliphatic rings. The first-order chi connectivity index (χ1) is 8.83. The molecule has 2 atom stereocenters. The van der Waals surface area contributed by atoms with Crippen molar-refractivity contribution in [1.82, 2.24) is 0 Å². The molecule has 0 aliphatic heterocycles. The van der Waals surface area contributed by atoms with Crippen LogP contribution in [-0.2, 0) is 4.79 Å². The quantitative estimate of drug-likeness (QED) is 0.751. The summed E-state index contributed by atoms with van der Waals surface area (Å²) in [4.78, 5) is 23.8. The van der Waals surface area contributed by atoms with Gasteiger partial charge in [0.15, 0.2) is 5.78 Å². The topological polar surface area (TPSA) is 34.1 Å². The van der Waals surface area contributed by atoms with Gasteiger partial charge in [-0.3, -0.25) is 4.79 Å². The van der Waals surface area contributed by atoms with Crippen molar-refractivity contribution in [1.29, 1.82) is 0 Å². The summed E-state index contributed by atoms with van der Waals surface area (Å²) in [5.41, 5.74) is 2.45. The van der Waals surface area contributed by atoms with Gasteiger partial charge in [-0.2, -0.15) is 0 Å². The average molecular weight is 236 g/mol. The van der Waals surface area contributed by atoms with Crippen molar-refractivity contribution in [3.8, 4) is 0 Å². The Morgan fingerprint density at radius 2 is 1.56 bits per heavy atom. The van der Waals surface area contributed by atoms with Crippen molar-refractivity contribution in [3.05, 3.63) is 71.3 Å². The van der Waals surface area contributed by atoms with E-state index in [1.807, 2.05) is 48.5 Å². The number of hydrogen-bond donors (Lipinski definition) is 0. The van der Waals surface area contributed by atoms with Crippen LogP contribution in [0, 0.1) is 0 Å². The number of benzene rings is 2. The molecule has 2 aromatic carbocycles. The summed E-state index contributed by atoms with van der Waals surface area (Å²) in [6.07, 6.45) is 0.890. The third-order valence-electron chi connectivity index (χ3n) is 3.53. The van der Waals surface area contributed by atoms with E-state index in [0.717, 1.165) is 17.4 Å². The lowest BCUT2D eigenvalue weighted by Crippen LogP contribution is -2.12. The molecule has 88 valence electrons. The Bertz CT molecular complexity index is 602. The highest BCUT2D eigenvalue weighted by Crippen LogP contribution is 2.42. The Balaban J connectivity index is 2.14. The van der Waals surface area contributed by atoms with Crippen LogP contribution in [0.25, 0.3) is 0 Å². The molecule has 2 aromatic rings. The van der Waals surface area contributed by atoms with Gasteiger partial charge in [-0.25, -0.2) is 0 Å². The van der Waals surface area contributed by atoms with Gasteiger partial charge in [0.05, 0.1) is 11.8 Å². The fraction of sp³-hybridized carbons (Fsp3) is 0.125. The normalized spacial score (nSPS) is 21.7. The highest BCUT2D eigenvalue weighted by Gasteiger charge is 2.39. The third kappa shape index (κ3) is 1.50. The molecule has 0 N–H and O–H groups in total. The minimum Gasteiger partial charge on any atom is -0.303 e.